The van der Waals surface area contributed by atoms with Crippen molar-refractivity contribution in [3.05, 3.63) is 88.3 Å². The molecule has 0 saturated heterocycles. The third-order valence-electron chi connectivity index (χ3n) is 3.82. The van der Waals surface area contributed by atoms with E-state index >= 15 is 0 Å². The van der Waals surface area contributed by atoms with Crippen molar-refractivity contribution >= 4 is 56.4 Å². The Morgan fingerprint density at radius 2 is 1.44 bits per heavy atom. The molecule has 1 aromatic heterocycles. The zero-order valence-corrected chi connectivity index (χ0v) is 17.4. The number of hydrogen-bond donors (Lipinski definition) is 1. The monoisotopic (exact) mass is 463 g/mol. The van der Waals surface area contributed by atoms with Gasteiger partial charge in [-0.1, -0.05) is 58.5 Å². The highest BCUT2D eigenvalue weighted by molar-refractivity contribution is 7.89. The first kappa shape index (κ1) is 20.5. The van der Waals surface area contributed by atoms with Crippen molar-refractivity contribution in [3.63, 3.8) is 0 Å². The molecule has 0 aliphatic rings. The van der Waals surface area contributed by atoms with Crippen molar-refractivity contribution in [1.82, 2.24) is 4.72 Å². The van der Waals surface area contributed by atoms with Crippen molar-refractivity contribution in [2.75, 3.05) is 0 Å². The Balaban J connectivity index is 2.02. The van der Waals surface area contributed by atoms with Crippen LogP contribution in [0, 0.1) is 0 Å². The first-order chi connectivity index (χ1) is 12.7. The van der Waals surface area contributed by atoms with E-state index in [1.54, 1.807) is 36.4 Å². The third kappa shape index (κ3) is 4.62. The summed E-state index contributed by atoms with van der Waals surface area (Å²) in [5.41, 5.74) is 0.454. The number of hydrogen-bond acceptors (Lipinski definition) is 3. The molecule has 9 heteroatoms. The van der Waals surface area contributed by atoms with Gasteiger partial charge >= 0.3 is 0 Å². The second-order valence-corrected chi connectivity index (χ2v) is 9.63. The molecule has 0 spiro atoms. The van der Waals surface area contributed by atoms with E-state index in [9.17, 15) is 8.42 Å². The molecule has 0 aliphatic heterocycles. The molecule has 1 heterocycles. The van der Waals surface area contributed by atoms with E-state index in [0.717, 1.165) is 0 Å². The third-order valence-corrected chi connectivity index (χ3v) is 6.63. The summed E-state index contributed by atoms with van der Waals surface area (Å²) in [7, 11) is -3.97. The summed E-state index contributed by atoms with van der Waals surface area (Å²) in [4.78, 5) is 0.0173. The Morgan fingerprint density at radius 1 is 0.889 bits per heavy atom. The highest BCUT2D eigenvalue weighted by Crippen LogP contribution is 2.46. The molecule has 0 fully saturated rings. The van der Waals surface area contributed by atoms with Crippen LogP contribution in [0.1, 0.15) is 17.4 Å². The van der Waals surface area contributed by atoms with Gasteiger partial charge in [-0.05, 0) is 54.1 Å². The van der Waals surface area contributed by atoms with Gasteiger partial charge in [0.15, 0.2) is 4.33 Å². The van der Waals surface area contributed by atoms with E-state index in [4.69, 9.17) is 50.8 Å². The van der Waals surface area contributed by atoms with Gasteiger partial charge in [0.1, 0.15) is 11.8 Å². The topological polar surface area (TPSA) is 59.3 Å². The normalized spacial score (nSPS) is 13.5. The van der Waals surface area contributed by atoms with Gasteiger partial charge in [-0.2, -0.15) is 4.72 Å². The Morgan fingerprint density at radius 3 is 1.96 bits per heavy atom. The maximum Gasteiger partial charge on any atom is 0.241 e. The lowest BCUT2D eigenvalue weighted by Gasteiger charge is -2.29. The Hall–Kier alpha value is -1.21. The van der Waals surface area contributed by atoms with E-state index in [-0.39, 0.29) is 10.7 Å². The minimum absolute atomic E-state index is 0.0173. The van der Waals surface area contributed by atoms with E-state index in [0.29, 0.717) is 15.6 Å². The number of benzene rings is 2. The highest BCUT2D eigenvalue weighted by Gasteiger charge is 2.42. The van der Waals surface area contributed by atoms with Crippen molar-refractivity contribution in [3.8, 4) is 0 Å². The fourth-order valence-electron chi connectivity index (χ4n) is 2.44. The summed E-state index contributed by atoms with van der Waals surface area (Å²) in [6, 6.07) is 14.3. The number of halogens is 4. The van der Waals surface area contributed by atoms with Crippen molar-refractivity contribution in [1.29, 1.82) is 0 Å². The maximum atomic E-state index is 12.8. The van der Waals surface area contributed by atoms with Gasteiger partial charge in [0.05, 0.1) is 11.2 Å². The van der Waals surface area contributed by atoms with Gasteiger partial charge < -0.3 is 4.42 Å². The lowest BCUT2D eigenvalue weighted by molar-refractivity contribution is 0.421. The molecule has 0 bridgehead atoms. The molecule has 0 amide bonds. The van der Waals surface area contributed by atoms with E-state index in [2.05, 4.69) is 4.72 Å². The van der Waals surface area contributed by atoms with Crippen LogP contribution in [0.5, 0.6) is 0 Å². The van der Waals surface area contributed by atoms with Crippen LogP contribution in [-0.4, -0.2) is 8.42 Å². The van der Waals surface area contributed by atoms with Crippen LogP contribution in [0.2, 0.25) is 10.0 Å². The van der Waals surface area contributed by atoms with Crippen LogP contribution in [0.25, 0.3) is 0 Å². The Kier molecular flexibility index (Phi) is 6.11. The van der Waals surface area contributed by atoms with E-state index in [1.807, 2.05) is 0 Å². The SMILES string of the molecule is O=S(=O)(NC(c1ccco1)C(Cl)(Cl)c1ccc(Cl)cc1)c1ccc(Cl)cc1. The molecule has 27 heavy (non-hydrogen) atoms. The summed E-state index contributed by atoms with van der Waals surface area (Å²) in [5, 5.41) is 0.918. The molecular weight excluding hydrogens is 452 g/mol. The van der Waals surface area contributed by atoms with Gasteiger partial charge in [0.25, 0.3) is 0 Å². The molecule has 2 aromatic carbocycles. The van der Waals surface area contributed by atoms with Crippen LogP contribution in [0.15, 0.2) is 76.2 Å². The van der Waals surface area contributed by atoms with Gasteiger partial charge in [0, 0.05) is 10.0 Å². The van der Waals surface area contributed by atoms with E-state index < -0.39 is 20.4 Å². The van der Waals surface area contributed by atoms with Gasteiger partial charge in [-0.25, -0.2) is 8.42 Å². The van der Waals surface area contributed by atoms with Crippen LogP contribution in [0.3, 0.4) is 0 Å². The summed E-state index contributed by atoms with van der Waals surface area (Å²) in [5.74, 6) is 0.257. The summed E-state index contributed by atoms with van der Waals surface area (Å²) < 4.78 is 31.9. The fraction of sp³-hybridized carbons (Fsp3) is 0.111. The molecule has 142 valence electrons. The summed E-state index contributed by atoms with van der Waals surface area (Å²) >= 11 is 25.0. The number of sulfonamides is 1. The minimum Gasteiger partial charge on any atom is -0.468 e. The molecule has 3 rings (SSSR count). The Labute approximate surface area is 177 Å². The standard InChI is InChI=1S/C18H13Cl4NO3S/c19-13-5-3-12(4-6-13)18(21,22)17(16-2-1-11-26-16)23-27(24,25)15-9-7-14(20)8-10-15/h1-11,17,23H. The Bertz CT molecular complexity index is 1000. The lowest BCUT2D eigenvalue weighted by Crippen LogP contribution is -2.37. The zero-order chi connectivity index (χ0) is 19.7. The molecule has 0 saturated carbocycles. The van der Waals surface area contributed by atoms with Crippen LogP contribution >= 0.6 is 46.4 Å². The average Bonchev–Trinajstić information content (AvgIpc) is 3.14. The predicted octanol–water partition coefficient (Wildman–Crippen LogP) is 5.94. The number of nitrogens with one attached hydrogen (secondary N) is 1. The number of rotatable bonds is 6. The van der Waals surface area contributed by atoms with Crippen LogP contribution < -0.4 is 4.72 Å². The van der Waals surface area contributed by atoms with Crippen molar-refractivity contribution in [2.45, 2.75) is 15.3 Å². The molecule has 1 unspecified atom stereocenters. The molecule has 0 aliphatic carbocycles. The van der Waals surface area contributed by atoms with Gasteiger partial charge in [0.2, 0.25) is 10.0 Å². The van der Waals surface area contributed by atoms with Crippen LogP contribution in [0.4, 0.5) is 0 Å². The second-order valence-electron chi connectivity index (χ2n) is 5.65. The predicted molar refractivity (Wildman–Crippen MR) is 108 cm³/mol. The molecule has 4 nitrogen and oxygen atoms in total. The number of furan rings is 1. The largest absolute Gasteiger partial charge is 0.468 e. The molecule has 1 atom stereocenters. The first-order valence-electron chi connectivity index (χ1n) is 7.65. The summed E-state index contributed by atoms with van der Waals surface area (Å²) in [6.07, 6.45) is 1.41. The quantitative estimate of drug-likeness (QED) is 0.459. The molecule has 1 N–H and O–H groups in total. The lowest BCUT2D eigenvalue weighted by atomic mass is 10.0. The number of alkyl halides is 2. The molecule has 0 radical (unpaired) electrons. The minimum atomic E-state index is -3.97. The fourth-order valence-corrected chi connectivity index (χ4v) is 4.63. The summed E-state index contributed by atoms with van der Waals surface area (Å²) in [6.45, 7) is 0. The van der Waals surface area contributed by atoms with Crippen LogP contribution in [-0.2, 0) is 14.4 Å². The van der Waals surface area contributed by atoms with Crippen molar-refractivity contribution < 1.29 is 12.8 Å². The van der Waals surface area contributed by atoms with Gasteiger partial charge in [-0.3, -0.25) is 0 Å². The first-order valence-corrected chi connectivity index (χ1v) is 10.6. The maximum absolute atomic E-state index is 12.8. The highest BCUT2D eigenvalue weighted by atomic mass is 35.5. The zero-order valence-electron chi connectivity index (χ0n) is 13.6. The smallest absolute Gasteiger partial charge is 0.241 e. The van der Waals surface area contributed by atoms with Gasteiger partial charge in [-0.15, -0.1) is 0 Å². The van der Waals surface area contributed by atoms with E-state index in [1.165, 1.54) is 30.5 Å². The molecular formula is C18H13Cl4NO3S. The second kappa shape index (κ2) is 8.03. The molecule has 3 aromatic rings. The van der Waals surface area contributed by atoms with Crippen molar-refractivity contribution in [2.24, 2.45) is 0 Å². The average molecular weight is 465 g/mol.